The van der Waals surface area contributed by atoms with Gasteiger partial charge in [0.2, 0.25) is 0 Å². The first-order chi connectivity index (χ1) is 9.68. The molecule has 0 radical (unpaired) electrons. The molecule has 0 spiro atoms. The maximum atomic E-state index is 12.4. The van der Waals surface area contributed by atoms with Crippen molar-refractivity contribution < 1.29 is 4.79 Å². The Kier molecular flexibility index (Phi) is 4.05. The SMILES string of the molecule is Cc1[nH]nc(NC(=O)c2cc(Cl)nc(C(C)(C)C)c2)c1C. The van der Waals surface area contributed by atoms with Crippen molar-refractivity contribution in [2.24, 2.45) is 0 Å². The zero-order chi connectivity index (χ0) is 15.8. The number of rotatable bonds is 2. The number of anilines is 1. The molecule has 0 aliphatic carbocycles. The summed E-state index contributed by atoms with van der Waals surface area (Å²) in [7, 11) is 0. The highest BCUT2D eigenvalue weighted by molar-refractivity contribution is 6.29. The first-order valence-electron chi connectivity index (χ1n) is 6.69. The van der Waals surface area contributed by atoms with Gasteiger partial charge < -0.3 is 5.32 Å². The lowest BCUT2D eigenvalue weighted by Gasteiger charge is -2.18. The lowest BCUT2D eigenvalue weighted by atomic mass is 9.91. The van der Waals surface area contributed by atoms with Gasteiger partial charge in [0.1, 0.15) is 5.15 Å². The van der Waals surface area contributed by atoms with Gasteiger partial charge in [-0.05, 0) is 26.0 Å². The Morgan fingerprint density at radius 1 is 1.29 bits per heavy atom. The molecular formula is C15H19ClN4O. The van der Waals surface area contributed by atoms with Gasteiger partial charge in [-0.25, -0.2) is 4.98 Å². The minimum atomic E-state index is -0.251. The number of amides is 1. The van der Waals surface area contributed by atoms with Crippen molar-refractivity contribution in [3.63, 3.8) is 0 Å². The second kappa shape index (κ2) is 5.48. The lowest BCUT2D eigenvalue weighted by Crippen LogP contribution is -2.18. The molecule has 2 N–H and O–H groups in total. The summed E-state index contributed by atoms with van der Waals surface area (Å²) in [6.07, 6.45) is 0. The van der Waals surface area contributed by atoms with Crippen molar-refractivity contribution in [2.45, 2.75) is 40.0 Å². The molecule has 2 aromatic rings. The summed E-state index contributed by atoms with van der Waals surface area (Å²) in [5, 5.41) is 10.00. The molecule has 2 aromatic heterocycles. The number of hydrogen-bond acceptors (Lipinski definition) is 3. The van der Waals surface area contributed by atoms with Crippen molar-refractivity contribution >= 4 is 23.3 Å². The zero-order valence-corrected chi connectivity index (χ0v) is 13.6. The summed E-state index contributed by atoms with van der Waals surface area (Å²) >= 11 is 6.03. The topological polar surface area (TPSA) is 70.7 Å². The van der Waals surface area contributed by atoms with Gasteiger partial charge in [-0.15, -0.1) is 0 Å². The predicted octanol–water partition coefficient (Wildman–Crippen LogP) is 3.62. The minimum absolute atomic E-state index is 0.182. The molecule has 1 amide bonds. The Hall–Kier alpha value is -1.88. The highest BCUT2D eigenvalue weighted by atomic mass is 35.5. The normalized spacial score (nSPS) is 11.5. The van der Waals surface area contributed by atoms with Gasteiger partial charge in [0.05, 0.1) is 0 Å². The van der Waals surface area contributed by atoms with Crippen LogP contribution in [0.1, 0.15) is 48.1 Å². The van der Waals surface area contributed by atoms with Crippen molar-refractivity contribution in [3.05, 3.63) is 39.8 Å². The average Bonchev–Trinajstić information content (AvgIpc) is 2.69. The molecule has 0 aliphatic rings. The van der Waals surface area contributed by atoms with E-state index in [-0.39, 0.29) is 11.3 Å². The molecule has 2 rings (SSSR count). The molecule has 6 heteroatoms. The van der Waals surface area contributed by atoms with Crippen LogP contribution < -0.4 is 5.32 Å². The van der Waals surface area contributed by atoms with E-state index in [9.17, 15) is 4.79 Å². The van der Waals surface area contributed by atoms with E-state index in [4.69, 9.17) is 11.6 Å². The second-order valence-electron chi connectivity index (χ2n) is 6.09. The first kappa shape index (κ1) is 15.5. The molecule has 112 valence electrons. The quantitative estimate of drug-likeness (QED) is 0.832. The zero-order valence-electron chi connectivity index (χ0n) is 12.8. The van der Waals surface area contributed by atoms with Crippen LogP contribution in [0.3, 0.4) is 0 Å². The Labute approximate surface area is 129 Å². The Balaban J connectivity index is 2.31. The van der Waals surface area contributed by atoms with Crippen molar-refractivity contribution in [2.75, 3.05) is 5.32 Å². The van der Waals surface area contributed by atoms with Crippen LogP contribution in [-0.2, 0) is 5.41 Å². The maximum Gasteiger partial charge on any atom is 0.257 e. The Morgan fingerprint density at radius 2 is 1.95 bits per heavy atom. The van der Waals surface area contributed by atoms with Gasteiger partial charge >= 0.3 is 0 Å². The number of halogens is 1. The number of pyridine rings is 1. The van der Waals surface area contributed by atoms with E-state index >= 15 is 0 Å². The van der Waals surface area contributed by atoms with Gasteiger partial charge in [0.25, 0.3) is 5.91 Å². The van der Waals surface area contributed by atoms with E-state index in [0.717, 1.165) is 17.0 Å². The first-order valence-corrected chi connectivity index (χ1v) is 7.07. The highest BCUT2D eigenvalue weighted by Gasteiger charge is 2.19. The highest BCUT2D eigenvalue weighted by Crippen LogP contribution is 2.24. The third kappa shape index (κ3) is 3.42. The summed E-state index contributed by atoms with van der Waals surface area (Å²) in [6.45, 7) is 9.87. The molecule has 0 fully saturated rings. The number of carbonyl (C=O) groups excluding carboxylic acids is 1. The summed E-state index contributed by atoms with van der Waals surface area (Å²) in [5.74, 6) is 0.280. The van der Waals surface area contributed by atoms with Crippen LogP contribution in [0, 0.1) is 13.8 Å². The van der Waals surface area contributed by atoms with Gasteiger partial charge in [-0.2, -0.15) is 5.10 Å². The molecule has 0 bridgehead atoms. The number of H-pyrrole nitrogens is 1. The summed E-state index contributed by atoms with van der Waals surface area (Å²) in [6, 6.07) is 3.32. The van der Waals surface area contributed by atoms with Crippen LogP contribution in [-0.4, -0.2) is 21.1 Å². The molecule has 0 atom stereocenters. The molecule has 5 nitrogen and oxygen atoms in total. The van der Waals surface area contributed by atoms with Crippen LogP contribution in [0.5, 0.6) is 0 Å². The molecule has 0 saturated heterocycles. The van der Waals surface area contributed by atoms with Crippen LogP contribution in [0.15, 0.2) is 12.1 Å². The fourth-order valence-corrected chi connectivity index (χ4v) is 2.01. The maximum absolute atomic E-state index is 12.4. The van der Waals surface area contributed by atoms with Crippen molar-refractivity contribution in [1.29, 1.82) is 0 Å². The van der Waals surface area contributed by atoms with Crippen molar-refractivity contribution in [1.82, 2.24) is 15.2 Å². The summed E-state index contributed by atoms with van der Waals surface area (Å²) in [5.41, 5.74) is 2.90. The molecule has 2 heterocycles. The minimum Gasteiger partial charge on any atom is -0.305 e. The van der Waals surface area contributed by atoms with Gasteiger partial charge in [0, 0.05) is 27.9 Å². The fraction of sp³-hybridized carbons (Fsp3) is 0.400. The van der Waals surface area contributed by atoms with E-state index in [1.165, 1.54) is 0 Å². The average molecular weight is 307 g/mol. The molecule has 0 saturated carbocycles. The second-order valence-corrected chi connectivity index (χ2v) is 6.48. The van der Waals surface area contributed by atoms with E-state index in [0.29, 0.717) is 16.5 Å². The lowest BCUT2D eigenvalue weighted by molar-refractivity contribution is 0.102. The Bertz CT molecular complexity index is 685. The van der Waals surface area contributed by atoms with Gasteiger partial charge in [-0.1, -0.05) is 32.4 Å². The molecule has 0 unspecified atom stereocenters. The monoisotopic (exact) mass is 306 g/mol. The standard InChI is InChI=1S/C15H19ClN4O/c1-8-9(2)19-20-13(8)18-14(21)10-6-11(15(3,4)5)17-12(16)7-10/h6-7H,1-5H3,(H2,18,19,20,21). The number of aromatic nitrogens is 3. The van der Waals surface area contributed by atoms with Gasteiger partial charge in [0.15, 0.2) is 5.82 Å². The van der Waals surface area contributed by atoms with E-state index in [1.807, 2.05) is 34.6 Å². The number of nitrogens with one attached hydrogen (secondary N) is 2. The van der Waals surface area contributed by atoms with Crippen LogP contribution in [0.2, 0.25) is 5.15 Å². The molecule has 21 heavy (non-hydrogen) atoms. The number of carbonyl (C=O) groups is 1. The third-order valence-electron chi connectivity index (χ3n) is 3.31. The van der Waals surface area contributed by atoms with Crippen LogP contribution >= 0.6 is 11.6 Å². The summed E-state index contributed by atoms with van der Waals surface area (Å²) in [4.78, 5) is 16.6. The van der Waals surface area contributed by atoms with Crippen LogP contribution in [0.4, 0.5) is 5.82 Å². The van der Waals surface area contributed by atoms with E-state index < -0.39 is 0 Å². The smallest absolute Gasteiger partial charge is 0.257 e. The van der Waals surface area contributed by atoms with Gasteiger partial charge in [-0.3, -0.25) is 9.89 Å². The Morgan fingerprint density at radius 3 is 2.48 bits per heavy atom. The van der Waals surface area contributed by atoms with Crippen LogP contribution in [0.25, 0.3) is 0 Å². The number of hydrogen-bond donors (Lipinski definition) is 2. The predicted molar refractivity (Wildman–Crippen MR) is 84.0 cm³/mol. The molecule has 0 aliphatic heterocycles. The third-order valence-corrected chi connectivity index (χ3v) is 3.50. The molecular weight excluding hydrogens is 288 g/mol. The number of aromatic amines is 1. The fourth-order valence-electron chi connectivity index (χ4n) is 1.80. The number of nitrogens with zero attached hydrogens (tertiary/aromatic N) is 2. The number of aryl methyl sites for hydroxylation is 1. The summed E-state index contributed by atoms with van der Waals surface area (Å²) < 4.78 is 0. The molecule has 0 aromatic carbocycles. The van der Waals surface area contributed by atoms with E-state index in [2.05, 4.69) is 20.5 Å². The largest absolute Gasteiger partial charge is 0.305 e. The van der Waals surface area contributed by atoms with E-state index in [1.54, 1.807) is 12.1 Å². The van der Waals surface area contributed by atoms with Crippen molar-refractivity contribution in [3.8, 4) is 0 Å².